The van der Waals surface area contributed by atoms with E-state index in [2.05, 4.69) is 4.98 Å². The Morgan fingerprint density at radius 3 is 2.62 bits per heavy atom. The van der Waals surface area contributed by atoms with Gasteiger partial charge >= 0.3 is 6.09 Å². The first-order chi connectivity index (χ1) is 9.88. The normalized spacial score (nSPS) is 16.6. The molecule has 1 heterocycles. The van der Waals surface area contributed by atoms with E-state index in [0.29, 0.717) is 23.8 Å². The average Bonchev–Trinajstić information content (AvgIpc) is 2.23. The standard InChI is InChI=1S/C16H24N2O3/c1-9(2)7-13(21-16(17)20)14-12(11-5-4-6-11)8-10(3)18-15(14)19/h8-9,11,13H,4-7H2,1-3H3,(H2,17,20)(H,18,19). The van der Waals surface area contributed by atoms with Gasteiger partial charge in [0.05, 0.1) is 5.56 Å². The van der Waals surface area contributed by atoms with E-state index in [1.54, 1.807) is 0 Å². The van der Waals surface area contributed by atoms with Crippen LogP contribution in [0, 0.1) is 12.8 Å². The largest absolute Gasteiger partial charge is 0.441 e. The Bertz CT molecular complexity index is 573. The number of aromatic nitrogens is 1. The molecule has 0 radical (unpaired) electrons. The summed E-state index contributed by atoms with van der Waals surface area (Å²) in [5.41, 5.74) is 7.47. The van der Waals surface area contributed by atoms with Crippen molar-refractivity contribution in [3.8, 4) is 0 Å². The maximum atomic E-state index is 12.4. The Labute approximate surface area is 124 Å². The van der Waals surface area contributed by atoms with Crippen LogP contribution < -0.4 is 11.3 Å². The van der Waals surface area contributed by atoms with Crippen LogP contribution in [0.5, 0.6) is 0 Å². The van der Waals surface area contributed by atoms with Crippen LogP contribution in [0.25, 0.3) is 0 Å². The van der Waals surface area contributed by atoms with Crippen LogP contribution in [0.4, 0.5) is 4.79 Å². The van der Waals surface area contributed by atoms with Gasteiger partial charge in [-0.1, -0.05) is 20.3 Å². The highest BCUT2D eigenvalue weighted by Gasteiger charge is 2.29. The number of hydrogen-bond acceptors (Lipinski definition) is 3. The van der Waals surface area contributed by atoms with Crippen molar-refractivity contribution in [2.45, 2.75) is 58.5 Å². The molecule has 1 amide bonds. The molecule has 21 heavy (non-hydrogen) atoms. The highest BCUT2D eigenvalue weighted by Crippen LogP contribution is 2.40. The van der Waals surface area contributed by atoms with E-state index < -0.39 is 12.2 Å². The molecule has 1 aliphatic carbocycles. The number of hydrogen-bond donors (Lipinski definition) is 2. The molecule has 1 atom stereocenters. The number of carbonyl (C=O) groups excluding carboxylic acids is 1. The molecule has 2 rings (SSSR count). The zero-order valence-corrected chi connectivity index (χ0v) is 12.9. The topological polar surface area (TPSA) is 85.2 Å². The Morgan fingerprint density at radius 2 is 2.14 bits per heavy atom. The van der Waals surface area contributed by atoms with Crippen molar-refractivity contribution in [1.29, 1.82) is 0 Å². The summed E-state index contributed by atoms with van der Waals surface area (Å²) < 4.78 is 5.25. The van der Waals surface area contributed by atoms with Crippen LogP contribution in [-0.4, -0.2) is 11.1 Å². The molecule has 5 nitrogen and oxygen atoms in total. The first kappa shape index (κ1) is 15.6. The molecule has 1 fully saturated rings. The molecule has 116 valence electrons. The van der Waals surface area contributed by atoms with Crippen LogP contribution in [0.15, 0.2) is 10.9 Å². The number of aryl methyl sites for hydroxylation is 1. The van der Waals surface area contributed by atoms with Gasteiger partial charge in [-0.15, -0.1) is 0 Å². The number of pyridine rings is 1. The molecule has 0 saturated heterocycles. The van der Waals surface area contributed by atoms with E-state index in [-0.39, 0.29) is 5.56 Å². The predicted molar refractivity (Wildman–Crippen MR) is 81.3 cm³/mol. The third-order valence-electron chi connectivity index (χ3n) is 4.05. The zero-order chi connectivity index (χ0) is 15.6. The summed E-state index contributed by atoms with van der Waals surface area (Å²) in [6, 6.07) is 2.01. The fraction of sp³-hybridized carbons (Fsp3) is 0.625. The Balaban J connectivity index is 2.46. The van der Waals surface area contributed by atoms with Crippen molar-refractivity contribution < 1.29 is 9.53 Å². The van der Waals surface area contributed by atoms with Crippen LogP contribution in [0.3, 0.4) is 0 Å². The van der Waals surface area contributed by atoms with Gasteiger partial charge < -0.3 is 15.5 Å². The molecule has 1 aromatic heterocycles. The number of H-pyrrole nitrogens is 1. The molecule has 0 aliphatic heterocycles. The van der Waals surface area contributed by atoms with Crippen LogP contribution in [0.2, 0.25) is 0 Å². The van der Waals surface area contributed by atoms with Crippen molar-refractivity contribution in [2.75, 3.05) is 0 Å². The minimum Gasteiger partial charge on any atom is -0.441 e. The van der Waals surface area contributed by atoms with E-state index >= 15 is 0 Å². The number of nitrogens with one attached hydrogen (secondary N) is 1. The van der Waals surface area contributed by atoms with Gasteiger partial charge in [-0.25, -0.2) is 4.79 Å². The third-order valence-corrected chi connectivity index (χ3v) is 4.05. The van der Waals surface area contributed by atoms with E-state index in [0.717, 1.165) is 24.1 Å². The lowest BCUT2D eigenvalue weighted by Crippen LogP contribution is -2.28. The summed E-state index contributed by atoms with van der Waals surface area (Å²) in [6.45, 7) is 5.94. The molecule has 1 aliphatic rings. The van der Waals surface area contributed by atoms with Gasteiger partial charge in [0, 0.05) is 5.69 Å². The van der Waals surface area contributed by atoms with E-state index in [1.807, 2.05) is 26.8 Å². The van der Waals surface area contributed by atoms with Gasteiger partial charge in [-0.05, 0) is 49.7 Å². The highest BCUT2D eigenvalue weighted by atomic mass is 16.6. The second-order valence-corrected chi connectivity index (χ2v) is 6.33. The van der Waals surface area contributed by atoms with E-state index in [9.17, 15) is 9.59 Å². The molecule has 0 aromatic carbocycles. The number of primary amides is 1. The Hall–Kier alpha value is -1.78. The van der Waals surface area contributed by atoms with Gasteiger partial charge in [0.1, 0.15) is 6.10 Å². The van der Waals surface area contributed by atoms with Crippen LogP contribution in [0.1, 0.15) is 68.4 Å². The maximum absolute atomic E-state index is 12.4. The molecule has 0 bridgehead atoms. The molecular weight excluding hydrogens is 268 g/mol. The second-order valence-electron chi connectivity index (χ2n) is 6.33. The quantitative estimate of drug-likeness (QED) is 0.874. The lowest BCUT2D eigenvalue weighted by atomic mass is 9.77. The lowest BCUT2D eigenvalue weighted by molar-refractivity contribution is 0.0914. The van der Waals surface area contributed by atoms with Crippen molar-refractivity contribution >= 4 is 6.09 Å². The van der Waals surface area contributed by atoms with Crippen molar-refractivity contribution in [2.24, 2.45) is 11.7 Å². The van der Waals surface area contributed by atoms with E-state index in [4.69, 9.17) is 10.5 Å². The van der Waals surface area contributed by atoms with Crippen molar-refractivity contribution in [3.63, 3.8) is 0 Å². The number of carbonyl (C=O) groups is 1. The molecule has 3 N–H and O–H groups in total. The Morgan fingerprint density at radius 1 is 1.48 bits per heavy atom. The fourth-order valence-electron chi connectivity index (χ4n) is 2.91. The monoisotopic (exact) mass is 292 g/mol. The number of amides is 1. The zero-order valence-electron chi connectivity index (χ0n) is 12.9. The van der Waals surface area contributed by atoms with Gasteiger partial charge in [0.2, 0.25) is 0 Å². The number of ether oxygens (including phenoxy) is 1. The van der Waals surface area contributed by atoms with Crippen molar-refractivity contribution in [1.82, 2.24) is 4.98 Å². The summed E-state index contributed by atoms with van der Waals surface area (Å²) in [4.78, 5) is 26.4. The first-order valence-electron chi connectivity index (χ1n) is 7.58. The summed E-state index contributed by atoms with van der Waals surface area (Å²) >= 11 is 0. The lowest BCUT2D eigenvalue weighted by Gasteiger charge is -2.30. The first-order valence-corrected chi connectivity index (χ1v) is 7.58. The number of rotatable bonds is 5. The van der Waals surface area contributed by atoms with Gasteiger partial charge in [-0.2, -0.15) is 0 Å². The molecule has 5 heteroatoms. The summed E-state index contributed by atoms with van der Waals surface area (Å²) in [5.74, 6) is 0.691. The SMILES string of the molecule is Cc1cc(C2CCC2)c(C(CC(C)C)OC(N)=O)c(=O)[nH]1. The number of aromatic amines is 1. The molecule has 1 saturated carbocycles. The minimum atomic E-state index is -0.833. The van der Waals surface area contributed by atoms with E-state index in [1.165, 1.54) is 6.42 Å². The summed E-state index contributed by atoms with van der Waals surface area (Å²) in [6.07, 6.45) is 2.54. The Kier molecular flexibility index (Phi) is 4.70. The molecule has 1 aromatic rings. The average molecular weight is 292 g/mol. The second kappa shape index (κ2) is 6.33. The van der Waals surface area contributed by atoms with Crippen LogP contribution in [-0.2, 0) is 4.74 Å². The molecular formula is C16H24N2O3. The predicted octanol–water partition coefficient (Wildman–Crippen LogP) is 3.13. The smallest absolute Gasteiger partial charge is 0.405 e. The highest BCUT2D eigenvalue weighted by molar-refractivity contribution is 5.65. The number of nitrogens with two attached hydrogens (primary N) is 1. The maximum Gasteiger partial charge on any atom is 0.405 e. The minimum absolute atomic E-state index is 0.163. The van der Waals surface area contributed by atoms with Gasteiger partial charge in [0.15, 0.2) is 0 Å². The molecule has 0 spiro atoms. The van der Waals surface area contributed by atoms with Gasteiger partial charge in [-0.3, -0.25) is 4.79 Å². The molecule has 1 unspecified atom stereocenters. The fourth-order valence-corrected chi connectivity index (χ4v) is 2.91. The summed E-state index contributed by atoms with van der Waals surface area (Å²) in [5, 5.41) is 0. The van der Waals surface area contributed by atoms with Crippen LogP contribution >= 0.6 is 0 Å². The van der Waals surface area contributed by atoms with Gasteiger partial charge in [0.25, 0.3) is 5.56 Å². The third kappa shape index (κ3) is 3.65. The van der Waals surface area contributed by atoms with Crippen molar-refractivity contribution in [3.05, 3.63) is 33.2 Å². The summed E-state index contributed by atoms with van der Waals surface area (Å²) in [7, 11) is 0.